The van der Waals surface area contributed by atoms with Crippen LogP contribution >= 0.6 is 0 Å². The third-order valence-electron chi connectivity index (χ3n) is 5.30. The molecule has 2 saturated carbocycles. The number of hydrogen-bond acceptors (Lipinski definition) is 3. The molecular formula is C17H35N3. The molecule has 0 atom stereocenters. The summed E-state index contributed by atoms with van der Waals surface area (Å²) in [6.45, 7) is 4.49. The predicted molar refractivity (Wildman–Crippen MR) is 86.9 cm³/mol. The van der Waals surface area contributed by atoms with E-state index in [9.17, 15) is 0 Å². The van der Waals surface area contributed by atoms with Gasteiger partial charge in [0, 0.05) is 6.04 Å². The fourth-order valence-electron chi connectivity index (χ4n) is 3.80. The van der Waals surface area contributed by atoms with Crippen LogP contribution in [0, 0.1) is 11.8 Å². The summed E-state index contributed by atoms with van der Waals surface area (Å²) in [6.07, 6.45) is 13.9. The van der Waals surface area contributed by atoms with E-state index < -0.39 is 0 Å². The largest absolute Gasteiger partial charge is 0.330 e. The first-order valence-corrected chi connectivity index (χ1v) is 9.02. The second-order valence-corrected chi connectivity index (χ2v) is 6.97. The second-order valence-electron chi connectivity index (χ2n) is 6.97. The Bertz CT molecular complexity index is 230. The molecule has 0 unspecified atom stereocenters. The van der Waals surface area contributed by atoms with E-state index >= 15 is 0 Å². The molecule has 0 radical (unpaired) electrons. The lowest BCUT2D eigenvalue weighted by atomic mass is 9.82. The minimum Gasteiger partial charge on any atom is -0.330 e. The smallest absolute Gasteiger partial charge is 0.00670 e. The molecule has 0 spiro atoms. The Hall–Kier alpha value is -0.120. The van der Waals surface area contributed by atoms with E-state index in [1.807, 2.05) is 0 Å². The quantitative estimate of drug-likeness (QED) is 0.600. The van der Waals surface area contributed by atoms with E-state index in [1.165, 1.54) is 83.8 Å². The van der Waals surface area contributed by atoms with Crippen molar-refractivity contribution in [3.63, 3.8) is 0 Å². The molecule has 0 aliphatic heterocycles. The van der Waals surface area contributed by atoms with Crippen LogP contribution in [-0.2, 0) is 0 Å². The average molecular weight is 281 g/mol. The van der Waals surface area contributed by atoms with Crippen molar-refractivity contribution in [2.24, 2.45) is 17.6 Å². The molecule has 0 aromatic heterocycles. The molecule has 0 saturated heterocycles. The van der Waals surface area contributed by atoms with Gasteiger partial charge in [-0.05, 0) is 83.0 Å². The van der Waals surface area contributed by atoms with Crippen LogP contribution < -0.4 is 16.4 Å². The molecule has 3 nitrogen and oxygen atoms in total. The summed E-state index contributed by atoms with van der Waals surface area (Å²) in [5, 5.41) is 7.37. The molecule has 0 aromatic carbocycles. The Balaban J connectivity index is 1.40. The van der Waals surface area contributed by atoms with Crippen molar-refractivity contribution in [2.45, 2.75) is 70.3 Å². The first-order valence-electron chi connectivity index (χ1n) is 9.02. The highest BCUT2D eigenvalue weighted by Gasteiger charge is 2.19. The molecule has 2 aliphatic carbocycles. The molecule has 0 aromatic rings. The zero-order chi connectivity index (χ0) is 14.0. The molecule has 2 fully saturated rings. The van der Waals surface area contributed by atoms with E-state index in [4.69, 9.17) is 5.73 Å². The maximum atomic E-state index is 5.74. The minimum atomic E-state index is 0.811. The van der Waals surface area contributed by atoms with Crippen LogP contribution in [0.3, 0.4) is 0 Å². The first-order chi connectivity index (χ1) is 9.88. The van der Waals surface area contributed by atoms with Gasteiger partial charge in [0.2, 0.25) is 0 Å². The summed E-state index contributed by atoms with van der Waals surface area (Å²) in [5.74, 6) is 1.72. The molecule has 4 N–H and O–H groups in total. The van der Waals surface area contributed by atoms with Gasteiger partial charge in [-0.25, -0.2) is 0 Å². The second kappa shape index (κ2) is 9.75. The van der Waals surface area contributed by atoms with Gasteiger partial charge < -0.3 is 16.4 Å². The highest BCUT2D eigenvalue weighted by atomic mass is 14.9. The summed E-state index contributed by atoms with van der Waals surface area (Å²) in [7, 11) is 0. The standard InChI is InChI=1S/C17H35N3/c18-13-15-7-9-16(10-8-15)14-19-11-4-12-20-17-5-2-1-3-6-17/h15-17,19-20H,1-14,18H2. The number of nitrogens with two attached hydrogens (primary N) is 1. The van der Waals surface area contributed by atoms with Crippen LogP contribution in [0.5, 0.6) is 0 Å². The highest BCUT2D eigenvalue weighted by Crippen LogP contribution is 2.27. The Morgan fingerprint density at radius 1 is 0.800 bits per heavy atom. The topological polar surface area (TPSA) is 50.1 Å². The Morgan fingerprint density at radius 2 is 1.50 bits per heavy atom. The Kier molecular flexibility index (Phi) is 7.92. The van der Waals surface area contributed by atoms with Gasteiger partial charge in [0.05, 0.1) is 0 Å². The van der Waals surface area contributed by atoms with Gasteiger partial charge in [0.15, 0.2) is 0 Å². The van der Waals surface area contributed by atoms with Crippen molar-refractivity contribution in [3.8, 4) is 0 Å². The summed E-state index contributed by atoms with van der Waals surface area (Å²) in [6, 6.07) is 0.815. The average Bonchev–Trinajstić information content (AvgIpc) is 2.52. The van der Waals surface area contributed by atoms with Crippen molar-refractivity contribution in [2.75, 3.05) is 26.2 Å². The lowest BCUT2D eigenvalue weighted by Crippen LogP contribution is -2.34. The Labute approximate surface area is 125 Å². The van der Waals surface area contributed by atoms with E-state index in [2.05, 4.69) is 10.6 Å². The normalized spacial score (nSPS) is 28.6. The van der Waals surface area contributed by atoms with E-state index in [1.54, 1.807) is 0 Å². The van der Waals surface area contributed by atoms with Crippen molar-refractivity contribution in [1.29, 1.82) is 0 Å². The number of hydrogen-bond donors (Lipinski definition) is 3. The van der Waals surface area contributed by atoms with Gasteiger partial charge in [-0.1, -0.05) is 19.3 Å². The molecule has 2 aliphatic rings. The van der Waals surface area contributed by atoms with E-state index in [0.29, 0.717) is 0 Å². The molecule has 0 amide bonds. The summed E-state index contributed by atoms with van der Waals surface area (Å²) >= 11 is 0. The van der Waals surface area contributed by atoms with Crippen LogP contribution in [0.4, 0.5) is 0 Å². The van der Waals surface area contributed by atoms with Crippen LogP contribution in [0.25, 0.3) is 0 Å². The minimum absolute atomic E-state index is 0.811. The van der Waals surface area contributed by atoms with Crippen LogP contribution in [0.15, 0.2) is 0 Å². The van der Waals surface area contributed by atoms with Crippen LogP contribution in [0.2, 0.25) is 0 Å². The monoisotopic (exact) mass is 281 g/mol. The van der Waals surface area contributed by atoms with Gasteiger partial charge in [0.1, 0.15) is 0 Å². The first kappa shape index (κ1) is 16.3. The van der Waals surface area contributed by atoms with E-state index in [0.717, 1.165) is 24.4 Å². The van der Waals surface area contributed by atoms with Gasteiger partial charge in [-0.15, -0.1) is 0 Å². The molecule has 118 valence electrons. The lowest BCUT2D eigenvalue weighted by molar-refractivity contribution is 0.272. The van der Waals surface area contributed by atoms with Crippen LogP contribution in [0.1, 0.15) is 64.2 Å². The summed E-state index contributed by atoms with van der Waals surface area (Å²) < 4.78 is 0. The van der Waals surface area contributed by atoms with Crippen molar-refractivity contribution >= 4 is 0 Å². The Morgan fingerprint density at radius 3 is 2.20 bits per heavy atom. The maximum absolute atomic E-state index is 5.74. The SMILES string of the molecule is NCC1CCC(CNCCCNC2CCCCC2)CC1. The fraction of sp³-hybridized carbons (Fsp3) is 1.00. The van der Waals surface area contributed by atoms with Gasteiger partial charge in [-0.2, -0.15) is 0 Å². The van der Waals surface area contributed by atoms with Crippen molar-refractivity contribution in [1.82, 2.24) is 10.6 Å². The maximum Gasteiger partial charge on any atom is 0.00670 e. The molecule has 3 heteroatoms. The predicted octanol–water partition coefficient (Wildman–Crippen LogP) is 2.65. The molecule has 0 bridgehead atoms. The fourth-order valence-corrected chi connectivity index (χ4v) is 3.80. The lowest BCUT2D eigenvalue weighted by Gasteiger charge is -2.27. The van der Waals surface area contributed by atoms with Gasteiger partial charge in [-0.3, -0.25) is 0 Å². The van der Waals surface area contributed by atoms with Crippen molar-refractivity contribution < 1.29 is 0 Å². The molecule has 2 rings (SSSR count). The summed E-state index contributed by atoms with van der Waals surface area (Å²) in [4.78, 5) is 0. The number of rotatable bonds is 8. The third kappa shape index (κ3) is 6.11. The molecule has 20 heavy (non-hydrogen) atoms. The van der Waals surface area contributed by atoms with E-state index in [-0.39, 0.29) is 0 Å². The zero-order valence-corrected chi connectivity index (χ0v) is 13.2. The molecular weight excluding hydrogens is 246 g/mol. The zero-order valence-electron chi connectivity index (χ0n) is 13.2. The van der Waals surface area contributed by atoms with Gasteiger partial charge >= 0.3 is 0 Å². The van der Waals surface area contributed by atoms with Gasteiger partial charge in [0.25, 0.3) is 0 Å². The van der Waals surface area contributed by atoms with Crippen molar-refractivity contribution in [3.05, 3.63) is 0 Å². The highest BCUT2D eigenvalue weighted by molar-refractivity contribution is 4.75. The van der Waals surface area contributed by atoms with Crippen LogP contribution in [-0.4, -0.2) is 32.2 Å². The molecule has 0 heterocycles. The number of nitrogens with one attached hydrogen (secondary N) is 2. The summed E-state index contributed by atoms with van der Waals surface area (Å²) in [5.41, 5.74) is 5.74. The third-order valence-corrected chi connectivity index (χ3v) is 5.30.